The monoisotopic (exact) mass is 389 g/mol. The quantitative estimate of drug-likeness (QED) is 0.681. The zero-order valence-corrected chi connectivity index (χ0v) is 16.9. The zero-order chi connectivity index (χ0) is 20.4. The Balaban J connectivity index is 1.43. The Bertz CT molecular complexity index is 1020. The predicted octanol–water partition coefficient (Wildman–Crippen LogP) is 4.35. The first-order chi connectivity index (χ1) is 14.0. The van der Waals surface area contributed by atoms with Crippen LogP contribution in [0.3, 0.4) is 0 Å². The summed E-state index contributed by atoms with van der Waals surface area (Å²) < 4.78 is 0. The highest BCUT2D eigenvalue weighted by atomic mass is 16.2. The molecule has 2 atom stereocenters. The van der Waals surface area contributed by atoms with Gasteiger partial charge >= 0.3 is 0 Å². The van der Waals surface area contributed by atoms with E-state index >= 15 is 0 Å². The van der Waals surface area contributed by atoms with E-state index in [1.807, 2.05) is 49.3 Å². The number of carbonyl (C=O) groups excluding carboxylic acids is 2. The molecule has 0 saturated heterocycles. The van der Waals surface area contributed by atoms with E-state index in [0.29, 0.717) is 12.0 Å². The second kappa shape index (κ2) is 8.11. The van der Waals surface area contributed by atoms with Gasteiger partial charge in [-0.05, 0) is 66.1 Å². The second-order valence-electron chi connectivity index (χ2n) is 7.86. The van der Waals surface area contributed by atoms with Gasteiger partial charge in [0.2, 0.25) is 5.91 Å². The van der Waals surface area contributed by atoms with E-state index in [4.69, 9.17) is 0 Å². The van der Waals surface area contributed by atoms with E-state index in [1.165, 1.54) is 5.39 Å². The minimum Gasteiger partial charge on any atom is -0.361 e. The maximum absolute atomic E-state index is 12.9. The molecule has 1 heterocycles. The molecule has 1 fully saturated rings. The minimum atomic E-state index is 0.0325. The molecule has 0 spiro atoms. The van der Waals surface area contributed by atoms with E-state index in [9.17, 15) is 9.59 Å². The number of aromatic nitrogens is 1. The molecule has 0 radical (unpaired) electrons. The van der Waals surface area contributed by atoms with Crippen molar-refractivity contribution in [3.05, 3.63) is 60.3 Å². The molecule has 5 nitrogen and oxygen atoms in total. The van der Waals surface area contributed by atoms with Crippen molar-refractivity contribution in [1.29, 1.82) is 0 Å². The third-order valence-corrected chi connectivity index (χ3v) is 5.98. The van der Waals surface area contributed by atoms with E-state index in [-0.39, 0.29) is 23.9 Å². The Labute approximate surface area is 171 Å². The number of H-pyrrole nitrogens is 1. The summed E-state index contributed by atoms with van der Waals surface area (Å²) in [5.41, 5.74) is 4.04. The number of aromatic amines is 1. The fourth-order valence-electron chi connectivity index (χ4n) is 4.18. The Morgan fingerprint density at radius 3 is 2.59 bits per heavy atom. The van der Waals surface area contributed by atoms with Gasteiger partial charge in [-0.25, -0.2) is 0 Å². The Kier molecular flexibility index (Phi) is 5.38. The van der Waals surface area contributed by atoms with Gasteiger partial charge in [-0.15, -0.1) is 0 Å². The molecule has 0 aliphatic heterocycles. The van der Waals surface area contributed by atoms with E-state index in [2.05, 4.69) is 34.6 Å². The molecule has 150 valence electrons. The highest BCUT2D eigenvalue weighted by Crippen LogP contribution is 2.27. The number of hydrogen-bond acceptors (Lipinski definition) is 2. The van der Waals surface area contributed by atoms with Gasteiger partial charge in [0.05, 0.1) is 0 Å². The molecule has 3 aromatic rings. The van der Waals surface area contributed by atoms with Gasteiger partial charge in [0.25, 0.3) is 5.91 Å². The van der Waals surface area contributed by atoms with Crippen molar-refractivity contribution in [1.82, 2.24) is 15.2 Å². The van der Waals surface area contributed by atoms with Crippen molar-refractivity contribution in [2.45, 2.75) is 44.7 Å². The number of fused-ring (bicyclic) bond motifs is 1. The van der Waals surface area contributed by atoms with Crippen molar-refractivity contribution in [3.63, 3.8) is 0 Å². The highest BCUT2D eigenvalue weighted by Gasteiger charge is 2.30. The first kappa shape index (κ1) is 19.2. The van der Waals surface area contributed by atoms with Crippen LogP contribution in [0.15, 0.2) is 54.7 Å². The molecule has 2 amide bonds. The molecular weight excluding hydrogens is 362 g/mol. The summed E-state index contributed by atoms with van der Waals surface area (Å²) in [4.78, 5) is 29.6. The smallest absolute Gasteiger partial charge is 0.253 e. The lowest BCUT2D eigenvalue weighted by atomic mass is 10.0. The number of carbonyl (C=O) groups is 2. The zero-order valence-electron chi connectivity index (χ0n) is 16.9. The van der Waals surface area contributed by atoms with Gasteiger partial charge in [0.15, 0.2) is 0 Å². The number of nitrogens with one attached hydrogen (secondary N) is 2. The van der Waals surface area contributed by atoms with Crippen molar-refractivity contribution >= 4 is 22.7 Å². The number of hydrogen-bond donors (Lipinski definition) is 2. The molecule has 4 rings (SSSR count). The molecule has 0 unspecified atom stereocenters. The van der Waals surface area contributed by atoms with E-state index < -0.39 is 0 Å². The van der Waals surface area contributed by atoms with Crippen molar-refractivity contribution in [3.8, 4) is 11.1 Å². The Morgan fingerprint density at radius 2 is 1.83 bits per heavy atom. The topological polar surface area (TPSA) is 65.2 Å². The van der Waals surface area contributed by atoms with Gasteiger partial charge in [-0.3, -0.25) is 9.59 Å². The molecule has 5 heteroatoms. The van der Waals surface area contributed by atoms with Crippen LogP contribution >= 0.6 is 0 Å². The Hall–Kier alpha value is -3.08. The van der Waals surface area contributed by atoms with Crippen LogP contribution in [-0.2, 0) is 4.79 Å². The van der Waals surface area contributed by atoms with Gasteiger partial charge in [-0.2, -0.15) is 0 Å². The third-order valence-electron chi connectivity index (χ3n) is 5.98. The molecule has 1 aliphatic carbocycles. The molecule has 2 N–H and O–H groups in total. The summed E-state index contributed by atoms with van der Waals surface area (Å²) in [6, 6.07) is 16.5. The first-order valence-electron chi connectivity index (χ1n) is 10.3. The third kappa shape index (κ3) is 4.04. The van der Waals surface area contributed by atoms with Crippen LogP contribution in [-0.4, -0.2) is 40.8 Å². The van der Waals surface area contributed by atoms with Gasteiger partial charge in [0.1, 0.15) is 0 Å². The summed E-state index contributed by atoms with van der Waals surface area (Å²) in [6.45, 7) is 1.86. The summed E-state index contributed by atoms with van der Waals surface area (Å²) in [5, 5.41) is 4.22. The maximum atomic E-state index is 12.9. The predicted molar refractivity (Wildman–Crippen MR) is 116 cm³/mol. The van der Waals surface area contributed by atoms with Crippen LogP contribution in [0.1, 0.15) is 43.0 Å². The van der Waals surface area contributed by atoms with Crippen LogP contribution in [0, 0.1) is 0 Å². The van der Waals surface area contributed by atoms with Gasteiger partial charge in [-0.1, -0.05) is 25.1 Å². The number of rotatable bonds is 5. The molecule has 1 saturated carbocycles. The lowest BCUT2D eigenvalue weighted by molar-refractivity contribution is -0.121. The van der Waals surface area contributed by atoms with E-state index in [0.717, 1.165) is 35.9 Å². The molecular formula is C24H27N3O2. The van der Waals surface area contributed by atoms with Crippen molar-refractivity contribution in [2.75, 3.05) is 7.05 Å². The van der Waals surface area contributed by atoms with Crippen molar-refractivity contribution < 1.29 is 9.59 Å². The fourth-order valence-corrected chi connectivity index (χ4v) is 4.18. The summed E-state index contributed by atoms with van der Waals surface area (Å²) in [6.07, 6.45) is 5.11. The van der Waals surface area contributed by atoms with Crippen LogP contribution in [0.2, 0.25) is 0 Å². The lowest BCUT2D eigenvalue weighted by Gasteiger charge is -2.25. The molecule has 29 heavy (non-hydrogen) atoms. The van der Waals surface area contributed by atoms with Crippen LogP contribution in [0.4, 0.5) is 0 Å². The van der Waals surface area contributed by atoms with Gasteiger partial charge in [0, 0.05) is 42.8 Å². The molecule has 0 bridgehead atoms. The number of amides is 2. The average Bonchev–Trinajstić information content (AvgIpc) is 3.41. The Morgan fingerprint density at radius 1 is 1.07 bits per heavy atom. The largest absolute Gasteiger partial charge is 0.361 e. The van der Waals surface area contributed by atoms with Crippen LogP contribution in [0.25, 0.3) is 22.0 Å². The van der Waals surface area contributed by atoms with Crippen molar-refractivity contribution in [2.24, 2.45) is 0 Å². The average molecular weight is 389 g/mol. The molecule has 1 aromatic heterocycles. The number of benzene rings is 2. The van der Waals surface area contributed by atoms with Crippen LogP contribution in [0.5, 0.6) is 0 Å². The summed E-state index contributed by atoms with van der Waals surface area (Å²) in [7, 11) is 1.87. The standard InChI is InChI=1S/C24H27N3O2/c1-3-23(28)26-20-9-10-21(15-20)27(2)24(29)17-6-4-16(5-7-17)18-8-11-22-19(14-18)12-13-25-22/h4-8,11-14,20-21,25H,3,9-10,15H2,1-2H3,(H,26,28)/t20-,21+/m0/s1. The first-order valence-corrected chi connectivity index (χ1v) is 10.3. The summed E-state index contributed by atoms with van der Waals surface area (Å²) in [5.74, 6) is 0.114. The fraction of sp³-hybridized carbons (Fsp3) is 0.333. The van der Waals surface area contributed by atoms with E-state index in [1.54, 1.807) is 0 Å². The maximum Gasteiger partial charge on any atom is 0.253 e. The molecule has 2 aromatic carbocycles. The number of nitrogens with zero attached hydrogens (tertiary/aromatic N) is 1. The SMILES string of the molecule is CCC(=O)N[C@H]1CC[C@@H](N(C)C(=O)c2ccc(-c3ccc4[nH]ccc4c3)cc2)C1. The van der Waals surface area contributed by atoms with Crippen LogP contribution < -0.4 is 5.32 Å². The second-order valence-corrected chi connectivity index (χ2v) is 7.86. The van der Waals surface area contributed by atoms with Gasteiger partial charge < -0.3 is 15.2 Å². The lowest BCUT2D eigenvalue weighted by Crippen LogP contribution is -2.38. The molecule has 1 aliphatic rings. The normalized spacial score (nSPS) is 18.7. The summed E-state index contributed by atoms with van der Waals surface area (Å²) >= 11 is 0. The minimum absolute atomic E-state index is 0.0325. The highest BCUT2D eigenvalue weighted by molar-refractivity contribution is 5.95.